The van der Waals surface area contributed by atoms with Gasteiger partial charge in [-0.25, -0.2) is 0 Å². The van der Waals surface area contributed by atoms with E-state index in [4.69, 9.17) is 11.6 Å². The van der Waals surface area contributed by atoms with Crippen molar-refractivity contribution in [2.24, 2.45) is 23.7 Å². The van der Waals surface area contributed by atoms with Crippen LogP contribution in [0.5, 0.6) is 0 Å². The van der Waals surface area contributed by atoms with Gasteiger partial charge in [-0.05, 0) is 112 Å². The first-order chi connectivity index (χ1) is 42.7. The number of alkyl halides is 3. The highest BCUT2D eigenvalue weighted by Crippen LogP contribution is 2.37. The summed E-state index contributed by atoms with van der Waals surface area (Å²) in [6, 6.07) is -4.46. The van der Waals surface area contributed by atoms with Crippen LogP contribution in [0, 0.1) is 23.7 Å². The predicted octanol–water partition coefficient (Wildman–Crippen LogP) is 5.31. The summed E-state index contributed by atoms with van der Waals surface area (Å²) in [6.07, 6.45) is 4.56. The number of rotatable bonds is 9. The van der Waals surface area contributed by atoms with Gasteiger partial charge in [0.25, 0.3) is 0 Å². The highest BCUT2D eigenvalue weighted by Gasteiger charge is 2.50. The van der Waals surface area contributed by atoms with Crippen LogP contribution in [0.2, 0.25) is 5.02 Å². The molecule has 1 aromatic rings. The van der Waals surface area contributed by atoms with E-state index in [9.17, 15) is 56.3 Å². The third kappa shape index (κ3) is 19.1. The number of carbonyl (C=O) groups is 11. The number of halogens is 4. The van der Waals surface area contributed by atoms with Gasteiger partial charge < -0.3 is 55.6 Å². The van der Waals surface area contributed by atoms with Crippen molar-refractivity contribution in [2.45, 2.75) is 217 Å². The smallest absolute Gasteiger partial charge is 0.351 e. The fraction of sp³-hybridized carbons (Fsp3) is 0.738. The van der Waals surface area contributed by atoms with Crippen LogP contribution in [0.4, 0.5) is 13.2 Å². The molecule has 1 unspecified atom stereocenters. The van der Waals surface area contributed by atoms with Crippen LogP contribution in [-0.2, 0) is 65.3 Å². The largest absolute Gasteiger partial charge is 0.417 e. The highest BCUT2D eigenvalue weighted by molar-refractivity contribution is 6.31. The summed E-state index contributed by atoms with van der Waals surface area (Å²) in [7, 11) is 8.64. The van der Waals surface area contributed by atoms with Gasteiger partial charge in [0.1, 0.15) is 41.8 Å². The zero-order valence-electron chi connectivity index (χ0n) is 55.2. The summed E-state index contributed by atoms with van der Waals surface area (Å²) >= 11 is 6.11. The fourth-order valence-corrected chi connectivity index (χ4v) is 14.3. The molecule has 2 saturated heterocycles. The molecule has 91 heavy (non-hydrogen) atoms. The van der Waals surface area contributed by atoms with Gasteiger partial charge in [0.05, 0.1) is 30.2 Å². The lowest BCUT2D eigenvalue weighted by molar-refractivity contribution is -0.149. The maximum absolute atomic E-state index is 15.0. The van der Waals surface area contributed by atoms with Crippen LogP contribution in [0.3, 0.4) is 0 Å². The monoisotopic (exact) mass is 1300 g/mol. The Balaban J connectivity index is 1.35. The lowest BCUT2D eigenvalue weighted by Crippen LogP contribution is -2.64. The van der Waals surface area contributed by atoms with Crippen LogP contribution >= 0.6 is 11.6 Å². The van der Waals surface area contributed by atoms with Crippen molar-refractivity contribution in [2.75, 3.05) is 68.5 Å². The summed E-state index contributed by atoms with van der Waals surface area (Å²) in [5, 5.41) is 11.1. The first kappa shape index (κ1) is 73.5. The molecule has 2 heterocycles. The maximum atomic E-state index is 15.0. The number of hydrogen-bond donors (Lipinski definition) is 4. The second kappa shape index (κ2) is 32.4. The topological polar surface area (TPSA) is 259 Å². The number of amides is 11. The molecule has 5 aliphatic rings. The van der Waals surface area contributed by atoms with E-state index >= 15 is 9.59 Å². The number of hydrogen-bond acceptors (Lipinski definition) is 11. The van der Waals surface area contributed by atoms with Crippen molar-refractivity contribution in [3.63, 3.8) is 0 Å². The van der Waals surface area contributed by atoms with Gasteiger partial charge in [0.2, 0.25) is 65.0 Å². The highest BCUT2D eigenvalue weighted by atomic mass is 35.5. The molecule has 508 valence electrons. The first-order valence-corrected chi connectivity index (χ1v) is 33.0. The summed E-state index contributed by atoms with van der Waals surface area (Å²) in [4.78, 5) is 169. The quantitative estimate of drug-likeness (QED) is 0.246. The third-order valence-corrected chi connectivity index (χ3v) is 19.6. The summed E-state index contributed by atoms with van der Waals surface area (Å²) in [6.45, 7) is 7.44. The average molecular weight is 1300 g/mol. The Morgan fingerprint density at radius 2 is 1.23 bits per heavy atom. The predicted molar refractivity (Wildman–Crippen MR) is 335 cm³/mol. The van der Waals surface area contributed by atoms with E-state index in [1.807, 2.05) is 13.8 Å². The Morgan fingerprint density at radius 1 is 0.626 bits per heavy atom. The molecule has 0 radical (unpaired) electrons. The summed E-state index contributed by atoms with van der Waals surface area (Å²) in [5.74, 6) is -7.45. The second-order valence-electron chi connectivity index (χ2n) is 27.2. The molecule has 6 rings (SSSR count). The lowest BCUT2D eigenvalue weighted by Gasteiger charge is -2.39. The van der Waals surface area contributed by atoms with Gasteiger partial charge in [-0.3, -0.25) is 52.7 Å². The second-order valence-corrected chi connectivity index (χ2v) is 27.6. The maximum Gasteiger partial charge on any atom is 0.417 e. The number of aryl methyl sites for hydroxylation is 1. The first-order valence-electron chi connectivity index (χ1n) is 32.7. The number of carbonyl (C=O) groups excluding carboxylic acids is 11. The van der Waals surface area contributed by atoms with E-state index in [2.05, 4.69) is 21.3 Å². The molecule has 1 spiro atoms. The molecule has 11 amide bonds. The Labute approximate surface area is 539 Å². The molecular weight excluding hydrogens is 1200 g/mol. The van der Waals surface area contributed by atoms with Gasteiger partial charge in [-0.2, -0.15) is 13.2 Å². The third-order valence-electron chi connectivity index (χ3n) is 19.3. The molecule has 0 bridgehead atoms. The van der Waals surface area contributed by atoms with Crippen molar-refractivity contribution in [3.05, 3.63) is 34.3 Å². The van der Waals surface area contributed by atoms with Crippen molar-refractivity contribution >= 4 is 76.6 Å². The standard InChI is InChI=1S/C65H99ClF3N11O11/c1-39(2)32-49-57(85)72-55(44-22-15-16-23-44)62(90)76(8)37-53(83)74(6)38-54(84)78(10)50(35-42-20-13-12-14-21-42)61(89)75(7)36-51(81)71-47(28-26-43-25-27-45(46(66)34-43)65(67,68)69)60(88)80-31-19-24-48(80)58(86)73-64(29-17-18-30-64)63(91)79(11)56(40(3)4)59(87)70-41(5)33-52(82)77(49)9/h25,27,34,39-42,44,47-50,55-56H,12-24,26,28-33,35-38H2,1-11H3,(H,70,87)(H,71,81)(H,72,85)(H,73,86)/t41-,47+,48?,49+,50+,55+,56+/m1/s1. The molecule has 5 fully saturated rings. The minimum atomic E-state index is -4.74. The minimum absolute atomic E-state index is 0.0379. The van der Waals surface area contributed by atoms with Gasteiger partial charge in [0, 0.05) is 61.3 Å². The van der Waals surface area contributed by atoms with E-state index in [1.165, 1.54) is 72.9 Å². The molecule has 2 aliphatic heterocycles. The number of fused-ring (bicyclic) bond motifs is 1. The van der Waals surface area contributed by atoms with Gasteiger partial charge in [0.15, 0.2) is 0 Å². The Kier molecular flexibility index (Phi) is 26.1. The molecule has 4 N–H and O–H groups in total. The number of nitrogens with zero attached hydrogens (tertiary/aromatic N) is 7. The molecule has 3 aliphatic carbocycles. The molecular formula is C65H99ClF3N11O11. The summed E-state index contributed by atoms with van der Waals surface area (Å²) < 4.78 is 41.3. The van der Waals surface area contributed by atoms with Crippen LogP contribution < -0.4 is 21.3 Å². The SMILES string of the molecule is CC(C)C[C@H]1C(=O)N[C@@H](C2CCCC2)C(=O)N(C)CC(=O)N(C)CC(=O)N(C)[C@@H](CC2CCCCC2)C(=O)N(C)CC(=O)N[C@@H](CCc2ccc(C(F)(F)F)c(Cl)c2)C(=O)N2CCCC2C(=O)NC2(CCCC2)C(=O)N(C)[C@@H](C(C)C)C(=O)N[C@H](C)CC(=O)N1C. The number of benzene rings is 1. The van der Waals surface area contributed by atoms with Crippen LogP contribution in [0.15, 0.2) is 18.2 Å². The fourth-order valence-electron chi connectivity index (χ4n) is 14.0. The van der Waals surface area contributed by atoms with Crippen LogP contribution in [-0.4, -0.2) is 216 Å². The molecule has 1 aromatic carbocycles. The molecule has 7 atom stereocenters. The van der Waals surface area contributed by atoms with Gasteiger partial charge >= 0.3 is 6.18 Å². The summed E-state index contributed by atoms with van der Waals surface area (Å²) in [5.41, 5.74) is -2.24. The van der Waals surface area contributed by atoms with E-state index in [0.29, 0.717) is 37.7 Å². The van der Waals surface area contributed by atoms with Crippen LogP contribution in [0.25, 0.3) is 0 Å². The molecule has 22 nitrogen and oxygen atoms in total. The van der Waals surface area contributed by atoms with E-state index in [1.54, 1.807) is 20.8 Å². The van der Waals surface area contributed by atoms with Crippen molar-refractivity contribution in [1.29, 1.82) is 0 Å². The zero-order chi connectivity index (χ0) is 67.4. The van der Waals surface area contributed by atoms with E-state index in [-0.39, 0.29) is 75.7 Å². The van der Waals surface area contributed by atoms with E-state index < -0.39 is 155 Å². The van der Waals surface area contributed by atoms with Gasteiger partial charge in [-0.1, -0.05) is 103 Å². The molecule has 0 aromatic heterocycles. The lowest BCUT2D eigenvalue weighted by atomic mass is 9.84. The van der Waals surface area contributed by atoms with Gasteiger partial charge in [-0.15, -0.1) is 0 Å². The number of nitrogens with one attached hydrogen (secondary N) is 4. The van der Waals surface area contributed by atoms with E-state index in [0.717, 1.165) is 66.9 Å². The Bertz CT molecular complexity index is 2810. The Hall–Kier alpha value is -6.53. The molecule has 26 heteroatoms. The van der Waals surface area contributed by atoms with Crippen molar-refractivity contribution < 1.29 is 65.9 Å². The van der Waals surface area contributed by atoms with Crippen LogP contribution in [0.1, 0.15) is 168 Å². The average Bonchev–Trinajstić information content (AvgIpc) is 1.93. The molecule has 3 saturated carbocycles. The van der Waals surface area contributed by atoms with Crippen molar-refractivity contribution in [3.8, 4) is 0 Å². The normalized spacial score (nSPS) is 26.9. The minimum Gasteiger partial charge on any atom is -0.351 e. The zero-order valence-corrected chi connectivity index (χ0v) is 55.9. The van der Waals surface area contributed by atoms with Crippen molar-refractivity contribution in [1.82, 2.24) is 55.6 Å². The number of likely N-dealkylation sites (N-methyl/N-ethyl adjacent to an activating group) is 6. The Morgan fingerprint density at radius 3 is 1.84 bits per heavy atom.